The molecule has 0 atom stereocenters. The van der Waals surface area contributed by atoms with E-state index in [4.69, 9.17) is 0 Å². The van der Waals surface area contributed by atoms with Crippen molar-refractivity contribution >= 4 is 64.9 Å². The fourth-order valence-corrected chi connectivity index (χ4v) is 10.5. The van der Waals surface area contributed by atoms with Gasteiger partial charge in [0.05, 0.1) is 22.4 Å². The SMILES string of the molecule is Cc1ccc(-c2cc3cc4c(cc(-c5ccc(C)cc5)n4-c4ccc(-c5c6ccccc6cc6ccccc56)cc4)cc3n2-c2ccc(-c3c4ccccc4cc4ccccc34)cc2)cc1. The van der Waals surface area contributed by atoms with Gasteiger partial charge in [-0.3, -0.25) is 0 Å². The Kier molecular flexibility index (Phi) is 8.69. The first-order chi connectivity index (χ1) is 32.5. The number of benzene rings is 11. The fraction of sp³-hybridized carbons (Fsp3) is 0.0312. The summed E-state index contributed by atoms with van der Waals surface area (Å²) in [6, 6.07) is 85.5. The van der Waals surface area contributed by atoms with Crippen LogP contribution in [0.2, 0.25) is 0 Å². The standard InChI is InChI=1S/C64H44N2/c1-41-19-23-43(24-20-41)59-37-51-39-62-52(40-61(51)65(59)53-31-27-45(28-32-53)63-55-15-7-3-11-47(55)35-48-12-4-8-16-56(48)63)38-60(44-25-21-42(2)22-26-44)66(62)54-33-29-46(30-34-54)64-57-17-9-5-13-49(57)36-50-14-6-10-18-58(50)64/h3-40H,1-2H3. The van der Waals surface area contributed by atoms with E-state index in [1.165, 1.54) is 109 Å². The lowest BCUT2D eigenvalue weighted by atomic mass is 9.92. The van der Waals surface area contributed by atoms with E-state index in [2.05, 4.69) is 254 Å². The number of aromatic nitrogens is 2. The summed E-state index contributed by atoms with van der Waals surface area (Å²) < 4.78 is 4.91. The molecule has 13 aromatic rings. The number of hydrogen-bond donors (Lipinski definition) is 0. The molecule has 0 aliphatic carbocycles. The lowest BCUT2D eigenvalue weighted by Gasteiger charge is -2.15. The zero-order valence-corrected chi connectivity index (χ0v) is 36.8. The molecule has 0 N–H and O–H groups in total. The first-order valence-corrected chi connectivity index (χ1v) is 22.9. The molecule has 0 aliphatic rings. The zero-order chi connectivity index (χ0) is 43.9. The molecule has 0 radical (unpaired) electrons. The highest BCUT2D eigenvalue weighted by molar-refractivity contribution is 6.14. The third-order valence-corrected chi connectivity index (χ3v) is 13.8. The van der Waals surface area contributed by atoms with Crippen LogP contribution in [0.3, 0.4) is 0 Å². The van der Waals surface area contributed by atoms with Crippen LogP contribution in [0.15, 0.2) is 231 Å². The van der Waals surface area contributed by atoms with E-state index in [1.807, 2.05) is 0 Å². The second kappa shape index (κ2) is 15.1. The summed E-state index contributed by atoms with van der Waals surface area (Å²) in [5.74, 6) is 0. The minimum atomic E-state index is 1.13. The summed E-state index contributed by atoms with van der Waals surface area (Å²) in [5, 5.41) is 12.5. The van der Waals surface area contributed by atoms with Crippen LogP contribution < -0.4 is 0 Å². The van der Waals surface area contributed by atoms with Gasteiger partial charge in [-0.1, -0.05) is 181 Å². The van der Waals surface area contributed by atoms with Crippen LogP contribution in [0.1, 0.15) is 11.1 Å². The summed E-state index contributed by atoms with van der Waals surface area (Å²) in [6.45, 7) is 4.31. The van der Waals surface area contributed by atoms with Gasteiger partial charge in [0, 0.05) is 22.1 Å². The maximum absolute atomic E-state index is 2.45. The van der Waals surface area contributed by atoms with Crippen molar-refractivity contribution in [2.24, 2.45) is 0 Å². The second-order valence-electron chi connectivity index (χ2n) is 17.9. The molecule has 2 aromatic heterocycles. The van der Waals surface area contributed by atoms with Crippen LogP contribution in [0.4, 0.5) is 0 Å². The van der Waals surface area contributed by atoms with Crippen LogP contribution in [0, 0.1) is 13.8 Å². The summed E-state index contributed by atoms with van der Waals surface area (Å²) in [4.78, 5) is 0. The number of rotatable bonds is 6. The van der Waals surface area contributed by atoms with Crippen LogP contribution in [0.5, 0.6) is 0 Å². The smallest absolute Gasteiger partial charge is 0.0542 e. The molecule has 2 heterocycles. The zero-order valence-electron chi connectivity index (χ0n) is 36.8. The molecule has 2 nitrogen and oxygen atoms in total. The molecule has 0 aliphatic heterocycles. The largest absolute Gasteiger partial charge is 0.309 e. The molecule has 0 saturated carbocycles. The average molecular weight is 841 g/mol. The predicted molar refractivity (Wildman–Crippen MR) is 281 cm³/mol. The molecule has 2 heteroatoms. The van der Waals surface area contributed by atoms with Crippen molar-refractivity contribution in [1.29, 1.82) is 0 Å². The third-order valence-electron chi connectivity index (χ3n) is 13.8. The molecule has 0 saturated heterocycles. The highest BCUT2D eigenvalue weighted by Crippen LogP contribution is 2.42. The van der Waals surface area contributed by atoms with Gasteiger partial charge in [-0.05, 0) is 151 Å². The Morgan fingerprint density at radius 3 is 0.894 bits per heavy atom. The number of aryl methyl sites for hydroxylation is 2. The Bertz CT molecular complexity index is 3640. The molecule has 13 rings (SSSR count). The maximum Gasteiger partial charge on any atom is 0.0542 e. The molecule has 0 unspecified atom stereocenters. The van der Waals surface area contributed by atoms with Crippen molar-refractivity contribution in [3.63, 3.8) is 0 Å². The Morgan fingerprint density at radius 2 is 0.561 bits per heavy atom. The normalized spacial score (nSPS) is 11.8. The second-order valence-corrected chi connectivity index (χ2v) is 17.9. The van der Waals surface area contributed by atoms with Crippen molar-refractivity contribution in [1.82, 2.24) is 9.13 Å². The van der Waals surface area contributed by atoms with Gasteiger partial charge in [-0.15, -0.1) is 0 Å². The minimum Gasteiger partial charge on any atom is -0.309 e. The van der Waals surface area contributed by atoms with Gasteiger partial charge in [0.1, 0.15) is 0 Å². The third kappa shape index (κ3) is 6.18. The molecule has 66 heavy (non-hydrogen) atoms. The number of nitrogens with zero attached hydrogens (tertiary/aromatic N) is 2. The van der Waals surface area contributed by atoms with Gasteiger partial charge in [0.25, 0.3) is 0 Å². The molecule has 0 amide bonds. The first kappa shape index (κ1) is 38.0. The highest BCUT2D eigenvalue weighted by Gasteiger charge is 2.20. The molecular weight excluding hydrogens is 797 g/mol. The fourth-order valence-electron chi connectivity index (χ4n) is 10.5. The number of hydrogen-bond acceptors (Lipinski definition) is 0. The van der Waals surface area contributed by atoms with Gasteiger partial charge in [-0.2, -0.15) is 0 Å². The molecule has 0 spiro atoms. The van der Waals surface area contributed by atoms with Crippen LogP contribution in [-0.4, -0.2) is 9.13 Å². The molecule has 0 fully saturated rings. The van der Waals surface area contributed by atoms with Crippen LogP contribution in [0.25, 0.3) is 121 Å². The van der Waals surface area contributed by atoms with E-state index in [0.717, 1.165) is 22.8 Å². The van der Waals surface area contributed by atoms with Gasteiger partial charge >= 0.3 is 0 Å². The summed E-state index contributed by atoms with van der Waals surface area (Å²) in [7, 11) is 0. The molecule has 11 aromatic carbocycles. The number of fused-ring (bicyclic) bond motifs is 6. The topological polar surface area (TPSA) is 9.86 Å². The minimum absolute atomic E-state index is 1.13. The Balaban J connectivity index is 1.00. The summed E-state index contributed by atoms with van der Waals surface area (Å²) >= 11 is 0. The first-order valence-electron chi connectivity index (χ1n) is 22.9. The van der Waals surface area contributed by atoms with E-state index in [1.54, 1.807) is 0 Å². The summed E-state index contributed by atoms with van der Waals surface area (Å²) in [6.07, 6.45) is 0. The van der Waals surface area contributed by atoms with Crippen molar-refractivity contribution < 1.29 is 0 Å². The maximum atomic E-state index is 2.45. The van der Waals surface area contributed by atoms with Gasteiger partial charge < -0.3 is 9.13 Å². The Morgan fingerprint density at radius 1 is 0.258 bits per heavy atom. The van der Waals surface area contributed by atoms with Crippen molar-refractivity contribution in [3.8, 4) is 56.1 Å². The van der Waals surface area contributed by atoms with Crippen molar-refractivity contribution in [2.45, 2.75) is 13.8 Å². The van der Waals surface area contributed by atoms with Crippen LogP contribution in [-0.2, 0) is 0 Å². The average Bonchev–Trinajstić information content (AvgIpc) is 3.92. The van der Waals surface area contributed by atoms with E-state index >= 15 is 0 Å². The molecular formula is C64H44N2. The quantitative estimate of drug-likeness (QED) is 0.148. The van der Waals surface area contributed by atoms with Gasteiger partial charge in [0.15, 0.2) is 0 Å². The van der Waals surface area contributed by atoms with Crippen LogP contribution >= 0.6 is 0 Å². The van der Waals surface area contributed by atoms with Crippen molar-refractivity contribution in [3.05, 3.63) is 242 Å². The molecule has 0 bridgehead atoms. The lowest BCUT2D eigenvalue weighted by molar-refractivity contribution is 1.13. The van der Waals surface area contributed by atoms with E-state index in [-0.39, 0.29) is 0 Å². The monoisotopic (exact) mass is 840 g/mol. The van der Waals surface area contributed by atoms with E-state index in [0.29, 0.717) is 0 Å². The Hall–Kier alpha value is -8.46. The van der Waals surface area contributed by atoms with Gasteiger partial charge in [0.2, 0.25) is 0 Å². The molecule has 310 valence electrons. The predicted octanol–water partition coefficient (Wildman–Crippen LogP) is 17.5. The lowest BCUT2D eigenvalue weighted by Crippen LogP contribution is -1.98. The van der Waals surface area contributed by atoms with Gasteiger partial charge in [-0.25, -0.2) is 0 Å². The van der Waals surface area contributed by atoms with Crippen molar-refractivity contribution in [2.75, 3.05) is 0 Å². The van der Waals surface area contributed by atoms with E-state index in [9.17, 15) is 0 Å². The highest BCUT2D eigenvalue weighted by atomic mass is 15.0. The summed E-state index contributed by atoms with van der Waals surface area (Å²) in [5.41, 5.74) is 16.8. The Labute approximate surface area is 383 Å². The van der Waals surface area contributed by atoms with E-state index < -0.39 is 0 Å².